The molecule has 0 saturated carbocycles. The summed E-state index contributed by atoms with van der Waals surface area (Å²) in [6.45, 7) is 1.43. The number of aliphatic hydroxyl groups is 1. The number of nitrogens with one attached hydrogen (secondary N) is 1. The maximum atomic E-state index is 11.2. The first-order chi connectivity index (χ1) is 6.99. The number of hydrogen-bond donors (Lipinski definition) is 4. The fourth-order valence-corrected chi connectivity index (χ4v) is 1.16. The molecule has 1 aromatic rings. The molecule has 0 fully saturated rings. The van der Waals surface area contributed by atoms with E-state index in [0.717, 1.165) is 6.07 Å². The number of benzene rings is 1. The molecular weight excluding hydrogens is 198 g/mol. The second-order valence-electron chi connectivity index (χ2n) is 3.23. The monoisotopic (exact) mass is 211 g/mol. The summed E-state index contributed by atoms with van der Waals surface area (Å²) in [6, 6.07) is 3.99. The average molecular weight is 211 g/mol. The molecule has 0 spiro atoms. The number of hydrogen-bond acceptors (Lipinski definition) is 4. The highest BCUT2D eigenvalue weighted by Gasteiger charge is 2.09. The lowest BCUT2D eigenvalue weighted by Gasteiger charge is -2.08. The van der Waals surface area contributed by atoms with E-state index in [2.05, 4.69) is 5.32 Å². The molecule has 1 amide bonds. The Hall–Kier alpha value is -1.75. The van der Waals surface area contributed by atoms with Crippen molar-refractivity contribution in [2.75, 3.05) is 0 Å². The molecule has 15 heavy (non-hydrogen) atoms. The van der Waals surface area contributed by atoms with Crippen LogP contribution in [0.2, 0.25) is 0 Å². The fraction of sp³-hybridized carbons (Fsp3) is 0.300. The zero-order valence-corrected chi connectivity index (χ0v) is 8.27. The molecule has 0 saturated heterocycles. The summed E-state index contributed by atoms with van der Waals surface area (Å²) in [7, 11) is 0. The highest BCUT2D eigenvalue weighted by Crippen LogP contribution is 2.22. The Balaban J connectivity index is 2.68. The maximum absolute atomic E-state index is 11.2. The van der Waals surface area contributed by atoms with Crippen LogP contribution < -0.4 is 5.32 Å². The summed E-state index contributed by atoms with van der Waals surface area (Å²) in [5.41, 5.74) is 0.394. The van der Waals surface area contributed by atoms with E-state index in [1.165, 1.54) is 19.1 Å². The van der Waals surface area contributed by atoms with Gasteiger partial charge < -0.3 is 20.6 Å². The molecule has 0 bridgehead atoms. The van der Waals surface area contributed by atoms with E-state index < -0.39 is 12.1 Å². The number of carbonyl (C=O) groups is 1. The normalized spacial score (nSPS) is 12.1. The molecule has 0 radical (unpaired) electrons. The number of phenolic OH excluding ortho intramolecular Hbond substituents is 2. The Bertz CT molecular complexity index is 362. The van der Waals surface area contributed by atoms with Gasteiger partial charge in [-0.15, -0.1) is 0 Å². The highest BCUT2D eigenvalue weighted by atomic mass is 16.3. The zero-order valence-electron chi connectivity index (χ0n) is 8.27. The summed E-state index contributed by atoms with van der Waals surface area (Å²) in [4.78, 5) is 11.2. The molecule has 0 aliphatic heterocycles. The fourth-order valence-electron chi connectivity index (χ4n) is 1.16. The third kappa shape index (κ3) is 3.47. The highest BCUT2D eigenvalue weighted by molar-refractivity contribution is 5.79. The van der Waals surface area contributed by atoms with E-state index >= 15 is 0 Å². The minimum absolute atomic E-state index is 0.0446. The Kier molecular flexibility index (Phi) is 3.51. The van der Waals surface area contributed by atoms with Crippen LogP contribution in [0.4, 0.5) is 0 Å². The molecule has 1 rings (SSSR count). The molecule has 0 aliphatic rings. The van der Waals surface area contributed by atoms with Crippen molar-refractivity contribution in [2.45, 2.75) is 19.6 Å². The van der Waals surface area contributed by atoms with Crippen LogP contribution in [0.15, 0.2) is 18.2 Å². The third-order valence-electron chi connectivity index (χ3n) is 1.79. The Morgan fingerprint density at radius 2 is 2.13 bits per heavy atom. The molecule has 1 aromatic carbocycles. The third-order valence-corrected chi connectivity index (χ3v) is 1.79. The van der Waals surface area contributed by atoms with Crippen LogP contribution in [-0.4, -0.2) is 27.5 Å². The number of carbonyl (C=O) groups excluding carboxylic acids is 1. The van der Waals surface area contributed by atoms with Crippen LogP contribution in [0.1, 0.15) is 12.5 Å². The minimum atomic E-state index is -0.920. The summed E-state index contributed by atoms with van der Waals surface area (Å²) in [5, 5.41) is 29.5. The van der Waals surface area contributed by atoms with Gasteiger partial charge in [0, 0.05) is 11.6 Å². The number of amides is 1. The first-order valence-electron chi connectivity index (χ1n) is 4.47. The van der Waals surface area contributed by atoms with Gasteiger partial charge in [0.15, 0.2) is 0 Å². The van der Waals surface area contributed by atoms with Crippen molar-refractivity contribution in [1.29, 1.82) is 0 Å². The standard InChI is InChI=1S/C10H13NO4/c1-6(12)11-10(15)4-7-2-3-8(13)5-9(7)14/h2-3,5-6,12-14H,4H2,1H3,(H,11,15). The summed E-state index contributed by atoms with van der Waals surface area (Å²) in [6.07, 6.45) is -0.964. The van der Waals surface area contributed by atoms with Crippen molar-refractivity contribution in [2.24, 2.45) is 0 Å². The average Bonchev–Trinajstić information content (AvgIpc) is 2.08. The van der Waals surface area contributed by atoms with Gasteiger partial charge in [0.2, 0.25) is 5.91 Å². The lowest BCUT2D eigenvalue weighted by atomic mass is 10.1. The number of phenols is 2. The molecular formula is C10H13NO4. The quantitative estimate of drug-likeness (QED) is 0.533. The summed E-state index contributed by atoms with van der Waals surface area (Å²) in [5.74, 6) is -0.603. The minimum Gasteiger partial charge on any atom is -0.508 e. The molecule has 1 atom stereocenters. The zero-order chi connectivity index (χ0) is 11.4. The first-order valence-corrected chi connectivity index (χ1v) is 4.47. The molecule has 5 heteroatoms. The van der Waals surface area contributed by atoms with Crippen molar-refractivity contribution in [3.05, 3.63) is 23.8 Å². The van der Waals surface area contributed by atoms with E-state index in [1.807, 2.05) is 0 Å². The molecule has 0 aromatic heterocycles. The summed E-state index contributed by atoms with van der Waals surface area (Å²) >= 11 is 0. The van der Waals surface area contributed by atoms with Crippen molar-refractivity contribution >= 4 is 5.91 Å². The predicted molar refractivity (Wildman–Crippen MR) is 53.3 cm³/mol. The largest absolute Gasteiger partial charge is 0.508 e. The second kappa shape index (κ2) is 4.65. The van der Waals surface area contributed by atoms with Gasteiger partial charge in [0.05, 0.1) is 6.42 Å². The SMILES string of the molecule is CC(O)NC(=O)Cc1ccc(O)cc1O. The van der Waals surface area contributed by atoms with Crippen LogP contribution in [0.25, 0.3) is 0 Å². The van der Waals surface area contributed by atoms with Gasteiger partial charge >= 0.3 is 0 Å². The maximum Gasteiger partial charge on any atom is 0.226 e. The molecule has 0 heterocycles. The second-order valence-corrected chi connectivity index (χ2v) is 3.23. The molecule has 5 nitrogen and oxygen atoms in total. The van der Waals surface area contributed by atoms with E-state index in [-0.39, 0.29) is 17.9 Å². The Labute approximate surface area is 87.0 Å². The Morgan fingerprint density at radius 3 is 2.67 bits per heavy atom. The number of aliphatic hydroxyl groups excluding tert-OH is 1. The van der Waals surface area contributed by atoms with Crippen molar-refractivity contribution in [3.8, 4) is 11.5 Å². The van der Waals surface area contributed by atoms with E-state index in [1.54, 1.807) is 0 Å². The van der Waals surface area contributed by atoms with Crippen molar-refractivity contribution in [3.63, 3.8) is 0 Å². The van der Waals surface area contributed by atoms with Gasteiger partial charge in [-0.3, -0.25) is 4.79 Å². The molecule has 0 aliphatic carbocycles. The van der Waals surface area contributed by atoms with Crippen molar-refractivity contribution < 1.29 is 20.1 Å². The van der Waals surface area contributed by atoms with Crippen LogP contribution in [0.3, 0.4) is 0 Å². The van der Waals surface area contributed by atoms with Gasteiger partial charge in [0.1, 0.15) is 17.7 Å². The van der Waals surface area contributed by atoms with Gasteiger partial charge in [-0.1, -0.05) is 6.07 Å². The van der Waals surface area contributed by atoms with Gasteiger partial charge in [-0.25, -0.2) is 0 Å². The van der Waals surface area contributed by atoms with Gasteiger partial charge in [-0.05, 0) is 13.0 Å². The van der Waals surface area contributed by atoms with Crippen molar-refractivity contribution in [1.82, 2.24) is 5.32 Å². The van der Waals surface area contributed by atoms with E-state index in [9.17, 15) is 9.90 Å². The van der Waals surface area contributed by atoms with E-state index in [0.29, 0.717) is 5.56 Å². The smallest absolute Gasteiger partial charge is 0.226 e. The van der Waals surface area contributed by atoms with Crippen LogP contribution in [0.5, 0.6) is 11.5 Å². The summed E-state index contributed by atoms with van der Waals surface area (Å²) < 4.78 is 0. The van der Waals surface area contributed by atoms with E-state index in [4.69, 9.17) is 10.2 Å². The van der Waals surface area contributed by atoms with Crippen LogP contribution in [-0.2, 0) is 11.2 Å². The Morgan fingerprint density at radius 1 is 1.47 bits per heavy atom. The lowest BCUT2D eigenvalue weighted by molar-refractivity contribution is -0.123. The van der Waals surface area contributed by atoms with Gasteiger partial charge in [-0.2, -0.15) is 0 Å². The first kappa shape index (κ1) is 11.3. The lowest BCUT2D eigenvalue weighted by Crippen LogP contribution is -2.33. The number of rotatable bonds is 3. The van der Waals surface area contributed by atoms with Gasteiger partial charge in [0.25, 0.3) is 0 Å². The topological polar surface area (TPSA) is 89.8 Å². The molecule has 1 unspecified atom stereocenters. The van der Waals surface area contributed by atoms with Crippen LogP contribution in [0, 0.1) is 0 Å². The predicted octanol–water partition coefficient (Wildman–Crippen LogP) is 0.0948. The van der Waals surface area contributed by atoms with Crippen LogP contribution >= 0.6 is 0 Å². The number of aromatic hydroxyl groups is 2. The molecule has 82 valence electrons. The molecule has 4 N–H and O–H groups in total.